The van der Waals surface area contributed by atoms with Crippen molar-refractivity contribution in [3.63, 3.8) is 0 Å². The minimum atomic E-state index is -2.62. The van der Waals surface area contributed by atoms with Crippen LogP contribution in [0.5, 0.6) is 5.75 Å². The van der Waals surface area contributed by atoms with Crippen molar-refractivity contribution in [3.8, 4) is 5.75 Å². The number of likely N-dealkylation sites (tertiary alicyclic amines) is 1. The molecule has 5 rings (SSSR count). The fourth-order valence-corrected chi connectivity index (χ4v) is 6.83. The summed E-state index contributed by atoms with van der Waals surface area (Å²) in [6.07, 6.45) is 2.35. The lowest BCUT2D eigenvalue weighted by Crippen LogP contribution is -2.63. The van der Waals surface area contributed by atoms with Crippen molar-refractivity contribution in [2.75, 3.05) is 27.7 Å². The first-order chi connectivity index (χ1) is 16.9. The molecule has 1 fully saturated rings. The summed E-state index contributed by atoms with van der Waals surface area (Å²) in [4.78, 5) is 42.7. The number of allylic oxidation sites excluding steroid dienone is 1. The minimum absolute atomic E-state index is 0.0418. The highest BCUT2D eigenvalue weighted by atomic mass is 16.3. The number of ketones is 2. The number of phenolic OH excluding ortho intramolecular Hbond substituents is 1. The topological polar surface area (TPSA) is 165 Å². The summed E-state index contributed by atoms with van der Waals surface area (Å²) in [5.41, 5.74) is 3.37. The van der Waals surface area contributed by atoms with Gasteiger partial charge >= 0.3 is 0 Å². The van der Waals surface area contributed by atoms with Crippen molar-refractivity contribution in [3.05, 3.63) is 51.5 Å². The monoisotopic (exact) mass is 497 g/mol. The van der Waals surface area contributed by atoms with Crippen LogP contribution in [0.15, 0.2) is 34.8 Å². The molecule has 0 aromatic heterocycles. The summed E-state index contributed by atoms with van der Waals surface area (Å²) in [6, 6.07) is 2.62. The predicted octanol–water partition coefficient (Wildman–Crippen LogP) is 0.887. The fraction of sp³-hybridized carbons (Fsp3) is 0.500. The molecule has 1 amide bonds. The van der Waals surface area contributed by atoms with Gasteiger partial charge in [0.1, 0.15) is 22.8 Å². The second-order valence-electron chi connectivity index (χ2n) is 10.7. The standard InChI is InChI=1S/C26H31N3O7/c1-28(2)20-14-9-13-8-12-7-11(15-5-4-6-29(15)3)10-16(30)17(12)21(31)18(13)23(33)26(14,36)24(34)19(22(20)32)25(27)35/h7,10,13-15,20,30,32-33,36H,4-6,8-9H2,1-3H3,(H2,27,35)/t13-,14-,15?,20-,26-/m0/s1. The SMILES string of the molecule is CN1CCCC1c1cc(O)c2c(c1)C[C@H]1C[C@H]3[C@H](N(C)C)C(O)=C(C(N)=O)C(=O)[C@@]3(O)C(O)=C1C2=O. The van der Waals surface area contributed by atoms with Gasteiger partial charge in [-0.3, -0.25) is 24.2 Å². The smallest absolute Gasteiger partial charge is 0.255 e. The Morgan fingerprint density at radius 1 is 1.19 bits per heavy atom. The van der Waals surface area contributed by atoms with Gasteiger partial charge in [0.15, 0.2) is 11.4 Å². The number of nitrogens with two attached hydrogens (primary N) is 1. The summed E-state index contributed by atoms with van der Waals surface area (Å²) in [5, 5.41) is 44.6. The van der Waals surface area contributed by atoms with Crippen LogP contribution in [-0.2, 0) is 16.0 Å². The summed E-state index contributed by atoms with van der Waals surface area (Å²) in [7, 11) is 5.23. The van der Waals surface area contributed by atoms with E-state index in [4.69, 9.17) is 5.73 Å². The second kappa shape index (κ2) is 8.16. The number of aliphatic hydroxyl groups excluding tert-OH is 2. The van der Waals surface area contributed by atoms with Crippen molar-refractivity contribution in [2.45, 2.75) is 43.4 Å². The zero-order valence-electron chi connectivity index (χ0n) is 20.5. The molecule has 4 aliphatic rings. The molecule has 3 aliphatic carbocycles. The Morgan fingerprint density at radius 2 is 1.89 bits per heavy atom. The van der Waals surface area contributed by atoms with Gasteiger partial charge in [0.25, 0.3) is 5.91 Å². The van der Waals surface area contributed by atoms with Gasteiger partial charge in [-0.2, -0.15) is 0 Å². The maximum absolute atomic E-state index is 13.6. The number of hydrogen-bond acceptors (Lipinski definition) is 9. The first-order valence-electron chi connectivity index (χ1n) is 12.1. The molecule has 36 heavy (non-hydrogen) atoms. The first-order valence-corrected chi connectivity index (χ1v) is 12.1. The van der Waals surface area contributed by atoms with Crippen LogP contribution in [0.4, 0.5) is 0 Å². The van der Waals surface area contributed by atoms with Crippen molar-refractivity contribution < 1.29 is 34.8 Å². The van der Waals surface area contributed by atoms with Crippen LogP contribution in [0.3, 0.4) is 0 Å². The van der Waals surface area contributed by atoms with Gasteiger partial charge < -0.3 is 26.2 Å². The molecule has 0 radical (unpaired) electrons. The summed E-state index contributed by atoms with van der Waals surface area (Å²) in [5.74, 6) is -6.36. The number of carbonyl (C=O) groups is 3. The number of hydrogen-bond donors (Lipinski definition) is 5. The number of Topliss-reactive ketones (excluding diaryl/α,β-unsaturated/α-hetero) is 2. The molecular formula is C26H31N3O7. The molecular weight excluding hydrogens is 466 g/mol. The highest BCUT2D eigenvalue weighted by Crippen LogP contribution is 2.52. The van der Waals surface area contributed by atoms with Crippen LogP contribution < -0.4 is 5.73 Å². The number of rotatable bonds is 3. The van der Waals surface area contributed by atoms with E-state index in [1.165, 1.54) is 4.90 Å². The summed E-state index contributed by atoms with van der Waals surface area (Å²) in [6.45, 7) is 0.940. The van der Waals surface area contributed by atoms with E-state index in [0.29, 0.717) is 12.0 Å². The molecule has 0 bridgehead atoms. The zero-order chi connectivity index (χ0) is 26.3. The summed E-state index contributed by atoms with van der Waals surface area (Å²) < 4.78 is 0. The number of aromatic hydroxyl groups is 1. The molecule has 1 saturated heterocycles. The van der Waals surface area contributed by atoms with Crippen molar-refractivity contribution in [1.82, 2.24) is 9.80 Å². The number of fused-ring (bicyclic) bond motifs is 3. The van der Waals surface area contributed by atoms with E-state index >= 15 is 0 Å². The van der Waals surface area contributed by atoms with E-state index < -0.39 is 58.0 Å². The van der Waals surface area contributed by atoms with Crippen molar-refractivity contribution in [1.29, 1.82) is 0 Å². The van der Waals surface area contributed by atoms with Crippen LogP contribution in [-0.4, -0.2) is 87.0 Å². The van der Waals surface area contributed by atoms with E-state index in [-0.39, 0.29) is 29.3 Å². The van der Waals surface area contributed by atoms with Crippen LogP contribution in [0.2, 0.25) is 0 Å². The van der Waals surface area contributed by atoms with Crippen LogP contribution in [0.1, 0.15) is 46.8 Å². The van der Waals surface area contributed by atoms with E-state index in [0.717, 1.165) is 24.9 Å². The maximum Gasteiger partial charge on any atom is 0.255 e. The third kappa shape index (κ3) is 3.17. The Kier molecular flexibility index (Phi) is 5.55. The number of carbonyl (C=O) groups excluding carboxylic acids is 3. The lowest BCUT2D eigenvalue weighted by molar-refractivity contribution is -0.148. The Hall–Kier alpha value is -3.21. The number of benzene rings is 1. The van der Waals surface area contributed by atoms with Gasteiger partial charge in [-0.05, 0) is 76.5 Å². The highest BCUT2D eigenvalue weighted by Gasteiger charge is 2.63. The van der Waals surface area contributed by atoms with Crippen molar-refractivity contribution >= 4 is 17.5 Å². The Morgan fingerprint density at radius 3 is 2.47 bits per heavy atom. The molecule has 1 aromatic carbocycles. The normalized spacial score (nSPS) is 32.6. The highest BCUT2D eigenvalue weighted by molar-refractivity contribution is 6.24. The molecule has 6 N–H and O–H groups in total. The molecule has 10 heteroatoms. The quantitative estimate of drug-likeness (QED) is 0.381. The van der Waals surface area contributed by atoms with Gasteiger partial charge in [-0.15, -0.1) is 0 Å². The number of nitrogens with zero attached hydrogens (tertiary/aromatic N) is 2. The third-order valence-electron chi connectivity index (χ3n) is 8.46. The van der Waals surface area contributed by atoms with E-state index in [9.17, 15) is 34.8 Å². The van der Waals surface area contributed by atoms with Gasteiger partial charge in [-0.1, -0.05) is 6.07 Å². The zero-order valence-corrected chi connectivity index (χ0v) is 20.5. The number of likely N-dealkylation sites (N-methyl/N-ethyl adjacent to an activating group) is 1. The first kappa shape index (κ1) is 24.5. The lowest BCUT2D eigenvalue weighted by Gasteiger charge is -2.50. The number of amides is 1. The molecule has 192 valence electrons. The molecule has 1 heterocycles. The van der Waals surface area contributed by atoms with Gasteiger partial charge in [0.05, 0.1) is 11.6 Å². The van der Waals surface area contributed by atoms with Crippen LogP contribution in [0.25, 0.3) is 0 Å². The Balaban J connectivity index is 1.66. The molecule has 0 saturated carbocycles. The average molecular weight is 498 g/mol. The third-order valence-corrected chi connectivity index (χ3v) is 8.46. The van der Waals surface area contributed by atoms with E-state index in [1.54, 1.807) is 20.2 Å². The molecule has 1 aromatic rings. The van der Waals surface area contributed by atoms with Crippen LogP contribution in [0, 0.1) is 11.8 Å². The van der Waals surface area contributed by atoms with E-state index in [2.05, 4.69) is 4.90 Å². The minimum Gasteiger partial charge on any atom is -0.510 e. The Labute approximate surface area is 208 Å². The lowest BCUT2D eigenvalue weighted by atomic mass is 9.58. The van der Waals surface area contributed by atoms with Crippen LogP contribution >= 0.6 is 0 Å². The van der Waals surface area contributed by atoms with Gasteiger partial charge in [0, 0.05) is 17.5 Å². The van der Waals surface area contributed by atoms with Gasteiger partial charge in [0.2, 0.25) is 5.78 Å². The Bertz CT molecular complexity index is 1270. The second-order valence-corrected chi connectivity index (χ2v) is 10.7. The number of primary amides is 1. The number of aliphatic hydroxyl groups is 3. The molecule has 0 spiro atoms. The molecule has 10 nitrogen and oxygen atoms in total. The van der Waals surface area contributed by atoms with Crippen molar-refractivity contribution in [2.24, 2.45) is 17.6 Å². The number of phenols is 1. The molecule has 5 atom stereocenters. The average Bonchev–Trinajstić information content (AvgIpc) is 3.21. The predicted molar refractivity (Wildman–Crippen MR) is 128 cm³/mol. The van der Waals surface area contributed by atoms with Gasteiger partial charge in [-0.25, -0.2) is 0 Å². The maximum atomic E-state index is 13.6. The largest absolute Gasteiger partial charge is 0.510 e. The molecule has 1 unspecified atom stereocenters. The molecule has 1 aliphatic heterocycles. The van der Waals surface area contributed by atoms with E-state index in [1.807, 2.05) is 13.1 Å². The fourth-order valence-electron chi connectivity index (χ4n) is 6.83. The summed E-state index contributed by atoms with van der Waals surface area (Å²) >= 11 is 0.